The summed E-state index contributed by atoms with van der Waals surface area (Å²) in [4.78, 5) is 58.1. The van der Waals surface area contributed by atoms with Crippen LogP contribution in [0.2, 0.25) is 0 Å². The molecule has 4 amide bonds. The number of imide groups is 2. The van der Waals surface area contributed by atoms with Gasteiger partial charge in [-0.1, -0.05) is 48.9 Å². The van der Waals surface area contributed by atoms with Crippen LogP contribution in [0.4, 0.5) is 5.69 Å². The number of phenolic OH excluding ortho intramolecular Hbond substituents is 1. The van der Waals surface area contributed by atoms with Crippen LogP contribution in [0.15, 0.2) is 54.1 Å². The van der Waals surface area contributed by atoms with E-state index in [1.807, 2.05) is 58.0 Å². The van der Waals surface area contributed by atoms with Gasteiger partial charge in [0.25, 0.3) is 0 Å². The highest BCUT2D eigenvalue weighted by Crippen LogP contribution is 2.63. The maximum absolute atomic E-state index is 14.3. The van der Waals surface area contributed by atoms with E-state index in [0.717, 1.165) is 11.1 Å². The minimum atomic E-state index is -1.08. The van der Waals surface area contributed by atoms with E-state index in [9.17, 15) is 24.3 Å². The minimum Gasteiger partial charge on any atom is -0.507 e. The summed E-state index contributed by atoms with van der Waals surface area (Å²) in [5.41, 5.74) is 2.67. The monoisotopic (exact) mass is 526 g/mol. The first-order chi connectivity index (χ1) is 18.6. The number of nitrogens with zero attached hydrogens (tertiary/aromatic N) is 2. The molecular formula is C32H34N2O5. The minimum absolute atomic E-state index is 0.122. The number of para-hydroxylation sites is 1. The van der Waals surface area contributed by atoms with Gasteiger partial charge in [0.05, 0.1) is 28.9 Å². The smallest absolute Gasteiger partial charge is 0.241 e. The van der Waals surface area contributed by atoms with E-state index in [2.05, 4.69) is 6.08 Å². The molecule has 2 aliphatic heterocycles. The van der Waals surface area contributed by atoms with Crippen molar-refractivity contribution in [3.63, 3.8) is 0 Å². The number of amides is 4. The lowest BCUT2D eigenvalue weighted by atomic mass is 9.51. The van der Waals surface area contributed by atoms with Gasteiger partial charge in [0.15, 0.2) is 0 Å². The van der Waals surface area contributed by atoms with Crippen LogP contribution in [0.1, 0.15) is 55.7 Å². The lowest BCUT2D eigenvalue weighted by Gasteiger charge is -2.49. The molecule has 2 aromatic carbocycles. The highest BCUT2D eigenvalue weighted by atomic mass is 16.3. The first kappa shape index (κ1) is 25.5. The summed E-state index contributed by atoms with van der Waals surface area (Å²) < 4.78 is 0. The molecule has 7 heteroatoms. The zero-order chi connectivity index (χ0) is 27.8. The normalized spacial score (nSPS) is 31.8. The van der Waals surface area contributed by atoms with Crippen LogP contribution in [-0.4, -0.2) is 40.2 Å². The van der Waals surface area contributed by atoms with E-state index in [1.54, 1.807) is 12.1 Å². The van der Waals surface area contributed by atoms with Crippen molar-refractivity contribution in [1.29, 1.82) is 0 Å². The summed E-state index contributed by atoms with van der Waals surface area (Å²) in [7, 11) is 0. The Kier molecular flexibility index (Phi) is 5.83. The number of aryl methyl sites for hydroxylation is 2. The summed E-state index contributed by atoms with van der Waals surface area (Å²) in [6.45, 7) is 7.89. The fourth-order valence-electron chi connectivity index (χ4n) is 7.88. The number of benzene rings is 2. The second-order valence-corrected chi connectivity index (χ2v) is 11.8. The van der Waals surface area contributed by atoms with Crippen LogP contribution in [0.3, 0.4) is 0 Å². The molecule has 0 bridgehead atoms. The van der Waals surface area contributed by atoms with Crippen LogP contribution in [0.25, 0.3) is 0 Å². The number of carbonyl (C=O) groups excluding carboxylic acids is 4. The third-order valence-corrected chi connectivity index (χ3v) is 9.67. The number of fused-ring (bicyclic) bond motifs is 4. The molecule has 6 rings (SSSR count). The van der Waals surface area contributed by atoms with Crippen molar-refractivity contribution in [2.75, 3.05) is 11.4 Å². The number of phenols is 1. The molecule has 3 fully saturated rings. The van der Waals surface area contributed by atoms with Gasteiger partial charge in [-0.2, -0.15) is 0 Å². The zero-order valence-corrected chi connectivity index (χ0v) is 22.8. The number of allylic oxidation sites excluding steroid dienone is 2. The highest BCUT2D eigenvalue weighted by Gasteiger charge is 2.67. The molecule has 0 radical (unpaired) electrons. The lowest BCUT2D eigenvalue weighted by molar-refractivity contribution is -0.140. The number of carbonyl (C=O) groups is 4. The first-order valence-electron chi connectivity index (χ1n) is 13.9. The SMILES string of the molecule is CCCN1C(=O)C2CC=C3C(CC4C(=O)N(c5ccccc5)C(=O)C4(C)C3c3cc(C)c(O)c(C)c3)C2C1=O. The third kappa shape index (κ3) is 3.41. The Hall–Kier alpha value is -3.74. The largest absolute Gasteiger partial charge is 0.507 e. The molecule has 202 valence electrons. The number of aromatic hydroxyl groups is 1. The van der Waals surface area contributed by atoms with Gasteiger partial charge in [0.1, 0.15) is 5.75 Å². The van der Waals surface area contributed by atoms with Crippen molar-refractivity contribution in [3.05, 3.63) is 70.8 Å². The van der Waals surface area contributed by atoms with E-state index >= 15 is 0 Å². The summed E-state index contributed by atoms with van der Waals surface area (Å²) >= 11 is 0. The van der Waals surface area contributed by atoms with Crippen molar-refractivity contribution < 1.29 is 24.3 Å². The van der Waals surface area contributed by atoms with Crippen LogP contribution in [0.5, 0.6) is 5.75 Å². The summed E-state index contributed by atoms with van der Waals surface area (Å²) in [5, 5.41) is 10.5. The predicted molar refractivity (Wildman–Crippen MR) is 146 cm³/mol. The van der Waals surface area contributed by atoms with Crippen molar-refractivity contribution >= 4 is 29.3 Å². The van der Waals surface area contributed by atoms with Gasteiger partial charge in [0.2, 0.25) is 23.6 Å². The van der Waals surface area contributed by atoms with Gasteiger partial charge in [-0.25, -0.2) is 4.90 Å². The zero-order valence-electron chi connectivity index (χ0n) is 22.8. The molecular weight excluding hydrogens is 492 g/mol. The molecule has 6 atom stereocenters. The van der Waals surface area contributed by atoms with Crippen molar-refractivity contribution in [1.82, 2.24) is 4.90 Å². The second kappa shape index (κ2) is 8.90. The molecule has 1 saturated carbocycles. The van der Waals surface area contributed by atoms with E-state index in [4.69, 9.17) is 0 Å². The van der Waals surface area contributed by atoms with Gasteiger partial charge in [-0.05, 0) is 74.8 Å². The van der Waals surface area contributed by atoms with Crippen LogP contribution in [-0.2, 0) is 19.2 Å². The van der Waals surface area contributed by atoms with Crippen molar-refractivity contribution in [3.8, 4) is 5.75 Å². The van der Waals surface area contributed by atoms with Gasteiger partial charge >= 0.3 is 0 Å². The topological polar surface area (TPSA) is 95.0 Å². The Labute approximate surface area is 228 Å². The number of hydrogen-bond acceptors (Lipinski definition) is 5. The Morgan fingerprint density at radius 3 is 2.26 bits per heavy atom. The number of rotatable bonds is 4. The Morgan fingerprint density at radius 2 is 1.62 bits per heavy atom. The Bertz CT molecular complexity index is 1420. The van der Waals surface area contributed by atoms with Crippen LogP contribution >= 0.6 is 0 Å². The first-order valence-corrected chi connectivity index (χ1v) is 13.9. The fraction of sp³-hybridized carbons (Fsp3) is 0.438. The lowest BCUT2D eigenvalue weighted by Crippen LogP contribution is -2.49. The average Bonchev–Trinajstić information content (AvgIpc) is 3.27. The third-order valence-electron chi connectivity index (χ3n) is 9.67. The Morgan fingerprint density at radius 1 is 0.949 bits per heavy atom. The standard InChI is InChI=1S/C32H34N2O5/c1-5-13-33-28(36)22-12-11-21-23(25(22)30(33)38)16-24-29(37)34(20-9-7-6-8-10-20)31(39)32(24,4)26(21)19-14-17(2)27(35)18(3)15-19/h6-11,14-15,22-26,35H,5,12-13,16H2,1-4H3. The second-order valence-electron chi connectivity index (χ2n) is 11.8. The number of anilines is 1. The summed E-state index contributed by atoms with van der Waals surface area (Å²) in [6.07, 6.45) is 3.55. The Balaban J connectivity index is 1.54. The quantitative estimate of drug-likeness (QED) is 0.462. The maximum atomic E-state index is 14.3. The molecule has 2 aliphatic carbocycles. The predicted octanol–water partition coefficient (Wildman–Crippen LogP) is 4.65. The molecule has 2 aromatic rings. The summed E-state index contributed by atoms with van der Waals surface area (Å²) in [6, 6.07) is 12.8. The molecule has 2 saturated heterocycles. The molecule has 39 heavy (non-hydrogen) atoms. The van der Waals surface area contributed by atoms with Crippen molar-refractivity contribution in [2.45, 2.75) is 52.9 Å². The average molecular weight is 527 g/mol. The molecule has 7 nitrogen and oxygen atoms in total. The molecule has 0 aromatic heterocycles. The summed E-state index contributed by atoms with van der Waals surface area (Å²) in [5.74, 6) is -2.95. The molecule has 6 unspecified atom stereocenters. The van der Waals surface area contributed by atoms with E-state index in [0.29, 0.717) is 42.6 Å². The maximum Gasteiger partial charge on any atom is 0.241 e. The van der Waals surface area contributed by atoms with Gasteiger partial charge in [-0.15, -0.1) is 0 Å². The van der Waals surface area contributed by atoms with E-state index < -0.39 is 29.1 Å². The molecule has 0 spiro atoms. The number of likely N-dealkylation sites (tertiary alicyclic amines) is 1. The molecule has 1 N–H and O–H groups in total. The number of hydrogen-bond donors (Lipinski definition) is 1. The van der Waals surface area contributed by atoms with E-state index in [-0.39, 0.29) is 35.3 Å². The van der Waals surface area contributed by atoms with Gasteiger partial charge in [0, 0.05) is 12.5 Å². The van der Waals surface area contributed by atoms with Gasteiger partial charge < -0.3 is 5.11 Å². The van der Waals surface area contributed by atoms with E-state index in [1.165, 1.54) is 9.80 Å². The van der Waals surface area contributed by atoms with Gasteiger partial charge in [-0.3, -0.25) is 24.1 Å². The highest BCUT2D eigenvalue weighted by molar-refractivity contribution is 6.24. The molecule has 2 heterocycles. The fourth-order valence-corrected chi connectivity index (χ4v) is 7.88. The molecule has 4 aliphatic rings. The van der Waals surface area contributed by atoms with Crippen LogP contribution in [0, 0.1) is 42.9 Å². The van der Waals surface area contributed by atoms with Crippen molar-refractivity contribution in [2.24, 2.45) is 29.1 Å². The van der Waals surface area contributed by atoms with Crippen LogP contribution < -0.4 is 4.90 Å².